The van der Waals surface area contributed by atoms with Gasteiger partial charge in [0, 0.05) is 18.7 Å². The summed E-state index contributed by atoms with van der Waals surface area (Å²) < 4.78 is 0. The molecule has 0 aromatic heterocycles. The number of amides is 4. The number of aliphatic carboxylic acids is 1. The number of hydrogen-bond acceptors (Lipinski definition) is 8. The maximum absolute atomic E-state index is 13.7. The highest BCUT2D eigenvalue weighted by Gasteiger charge is 2.32. The smallest absolute Gasteiger partial charge is 0.326 e. The standard InChI is InChI=1S/C33H48N8O6S/c1-20(2)16-26(32(46)47)40-30(44)25(18-22-12-7-4-8-13-22)39-29(43)24(14-9-15-37-33(35)36)38-31(45)27(19-48)41-28(42)23(34)17-21-10-5-3-6-11-21/h3-8,10-13,20,23-27,48H,9,14-19,34H2,1-2H3,(H,38,45)(H,39,43)(H,40,44)(H,41,42)(H,46,47)(H4,35,36,37). The van der Waals surface area contributed by atoms with Crippen molar-refractivity contribution in [3.05, 3.63) is 71.8 Å². The number of carboxylic acid groups (broad SMARTS) is 1. The molecule has 0 heterocycles. The van der Waals surface area contributed by atoms with Gasteiger partial charge in [-0.25, -0.2) is 4.79 Å². The van der Waals surface area contributed by atoms with E-state index in [1.165, 1.54) is 0 Å². The largest absolute Gasteiger partial charge is 0.480 e. The van der Waals surface area contributed by atoms with Crippen molar-refractivity contribution in [3.63, 3.8) is 0 Å². The molecule has 5 atom stereocenters. The number of carbonyl (C=O) groups is 5. The number of thiol groups is 1. The van der Waals surface area contributed by atoms with Crippen LogP contribution in [0.15, 0.2) is 65.7 Å². The maximum Gasteiger partial charge on any atom is 0.326 e. The molecule has 2 aromatic rings. The van der Waals surface area contributed by atoms with Crippen molar-refractivity contribution in [2.75, 3.05) is 12.3 Å². The molecule has 14 nitrogen and oxygen atoms in total. The van der Waals surface area contributed by atoms with Gasteiger partial charge in [0.15, 0.2) is 5.96 Å². The van der Waals surface area contributed by atoms with Crippen LogP contribution in [0, 0.1) is 5.92 Å². The molecule has 0 radical (unpaired) electrons. The van der Waals surface area contributed by atoms with Crippen molar-refractivity contribution in [2.45, 2.75) is 76.2 Å². The Balaban J connectivity index is 2.25. The Morgan fingerprint density at radius 3 is 1.73 bits per heavy atom. The van der Waals surface area contributed by atoms with E-state index in [2.05, 4.69) is 38.9 Å². The van der Waals surface area contributed by atoms with Crippen LogP contribution in [0.1, 0.15) is 44.2 Å². The minimum atomic E-state index is -1.20. The van der Waals surface area contributed by atoms with E-state index in [4.69, 9.17) is 17.2 Å². The summed E-state index contributed by atoms with van der Waals surface area (Å²) in [7, 11) is 0. The van der Waals surface area contributed by atoms with Gasteiger partial charge in [-0.1, -0.05) is 74.5 Å². The molecule has 4 amide bonds. The van der Waals surface area contributed by atoms with E-state index in [-0.39, 0.29) is 56.3 Å². The predicted molar refractivity (Wildman–Crippen MR) is 187 cm³/mol. The zero-order chi connectivity index (χ0) is 35.6. The molecule has 48 heavy (non-hydrogen) atoms. The number of carbonyl (C=O) groups excluding carboxylic acids is 4. The van der Waals surface area contributed by atoms with Crippen LogP contribution in [-0.4, -0.2) is 83.2 Å². The van der Waals surface area contributed by atoms with E-state index in [1.807, 2.05) is 44.2 Å². The van der Waals surface area contributed by atoms with Crippen molar-refractivity contribution in [1.29, 1.82) is 0 Å². The van der Waals surface area contributed by atoms with Crippen LogP contribution in [0.2, 0.25) is 0 Å². The van der Waals surface area contributed by atoms with Gasteiger partial charge in [0.1, 0.15) is 24.2 Å². The molecule has 0 spiro atoms. The van der Waals surface area contributed by atoms with E-state index < -0.39 is 59.8 Å². The van der Waals surface area contributed by atoms with E-state index in [0.717, 1.165) is 5.56 Å². The van der Waals surface area contributed by atoms with Crippen molar-refractivity contribution in [2.24, 2.45) is 28.1 Å². The number of hydrogen-bond donors (Lipinski definition) is 9. The number of benzene rings is 2. The van der Waals surface area contributed by atoms with Gasteiger partial charge < -0.3 is 43.6 Å². The summed E-state index contributed by atoms with van der Waals surface area (Å²) in [4.78, 5) is 69.2. The van der Waals surface area contributed by atoms with Crippen molar-refractivity contribution >= 4 is 48.2 Å². The Labute approximate surface area is 286 Å². The third-order valence-electron chi connectivity index (χ3n) is 7.27. The van der Waals surface area contributed by atoms with Crippen LogP contribution in [0.3, 0.4) is 0 Å². The number of guanidine groups is 1. The number of nitrogens with one attached hydrogen (secondary N) is 4. The molecule has 5 unspecified atom stereocenters. The Morgan fingerprint density at radius 1 is 0.729 bits per heavy atom. The Kier molecular flexibility index (Phi) is 17.0. The van der Waals surface area contributed by atoms with Crippen LogP contribution in [0.25, 0.3) is 0 Å². The highest BCUT2D eigenvalue weighted by Crippen LogP contribution is 2.10. The number of carboxylic acids is 1. The first-order valence-electron chi connectivity index (χ1n) is 15.7. The average Bonchev–Trinajstić information content (AvgIpc) is 3.04. The fraction of sp³-hybridized carbons (Fsp3) is 0.455. The lowest BCUT2D eigenvalue weighted by atomic mass is 10.0. The Hall–Kier alpha value is -4.63. The molecule has 0 fully saturated rings. The minimum absolute atomic E-state index is 0.0217. The first-order valence-corrected chi connectivity index (χ1v) is 16.4. The number of rotatable bonds is 20. The van der Waals surface area contributed by atoms with Crippen LogP contribution in [-0.2, 0) is 36.8 Å². The summed E-state index contributed by atoms with van der Waals surface area (Å²) in [6, 6.07) is 12.4. The zero-order valence-corrected chi connectivity index (χ0v) is 28.2. The first kappa shape index (κ1) is 39.5. The lowest BCUT2D eigenvalue weighted by Crippen LogP contribution is -2.59. The topological polar surface area (TPSA) is 244 Å². The number of aliphatic imine (C=N–C) groups is 1. The fourth-order valence-corrected chi connectivity index (χ4v) is 5.03. The summed E-state index contributed by atoms with van der Waals surface area (Å²) >= 11 is 4.23. The van der Waals surface area contributed by atoms with E-state index in [1.54, 1.807) is 30.3 Å². The van der Waals surface area contributed by atoms with Gasteiger partial charge in [-0.15, -0.1) is 0 Å². The summed E-state index contributed by atoms with van der Waals surface area (Å²) in [6.07, 6.45) is 0.827. The molecule has 262 valence electrons. The second-order valence-electron chi connectivity index (χ2n) is 11.8. The van der Waals surface area contributed by atoms with Crippen LogP contribution in [0.5, 0.6) is 0 Å². The van der Waals surface area contributed by atoms with Crippen LogP contribution in [0.4, 0.5) is 0 Å². The quantitative estimate of drug-likeness (QED) is 0.0389. The maximum atomic E-state index is 13.7. The first-order chi connectivity index (χ1) is 22.8. The lowest BCUT2D eigenvalue weighted by Gasteiger charge is -2.26. The third kappa shape index (κ3) is 14.4. The molecule has 15 heteroatoms. The molecule has 2 aromatic carbocycles. The molecule has 0 saturated heterocycles. The molecule has 0 saturated carbocycles. The molecule has 0 aliphatic heterocycles. The van der Waals surface area contributed by atoms with Crippen molar-refractivity contribution in [3.8, 4) is 0 Å². The van der Waals surface area contributed by atoms with E-state index in [9.17, 15) is 29.1 Å². The van der Waals surface area contributed by atoms with Gasteiger partial charge in [0.25, 0.3) is 0 Å². The van der Waals surface area contributed by atoms with Gasteiger partial charge in [0.05, 0.1) is 6.04 Å². The molecular formula is C33H48N8O6S. The zero-order valence-electron chi connectivity index (χ0n) is 27.3. The Bertz CT molecular complexity index is 1370. The van der Waals surface area contributed by atoms with Gasteiger partial charge >= 0.3 is 5.97 Å². The summed E-state index contributed by atoms with van der Waals surface area (Å²) in [5, 5.41) is 20.2. The SMILES string of the molecule is CC(C)CC(NC(=O)C(Cc1ccccc1)NC(=O)C(CCCN=C(N)N)NC(=O)C(CS)NC(=O)C(N)Cc1ccccc1)C(=O)O. The van der Waals surface area contributed by atoms with Crippen molar-refractivity contribution < 1.29 is 29.1 Å². The van der Waals surface area contributed by atoms with Gasteiger partial charge in [-0.3, -0.25) is 24.2 Å². The molecule has 11 N–H and O–H groups in total. The Morgan fingerprint density at radius 2 is 1.21 bits per heavy atom. The second kappa shape index (κ2) is 20.6. The van der Waals surface area contributed by atoms with E-state index in [0.29, 0.717) is 5.56 Å². The van der Waals surface area contributed by atoms with Crippen LogP contribution < -0.4 is 38.5 Å². The van der Waals surface area contributed by atoms with E-state index >= 15 is 0 Å². The lowest BCUT2D eigenvalue weighted by molar-refractivity contribution is -0.142. The van der Waals surface area contributed by atoms with Gasteiger partial charge in [-0.05, 0) is 42.7 Å². The highest BCUT2D eigenvalue weighted by atomic mass is 32.1. The van der Waals surface area contributed by atoms with Crippen LogP contribution >= 0.6 is 12.6 Å². The number of nitrogens with two attached hydrogens (primary N) is 3. The van der Waals surface area contributed by atoms with Crippen molar-refractivity contribution in [1.82, 2.24) is 21.3 Å². The molecular weight excluding hydrogens is 636 g/mol. The van der Waals surface area contributed by atoms with Gasteiger partial charge in [-0.2, -0.15) is 12.6 Å². The molecule has 0 bridgehead atoms. The highest BCUT2D eigenvalue weighted by molar-refractivity contribution is 7.80. The van der Waals surface area contributed by atoms with Gasteiger partial charge in [0.2, 0.25) is 23.6 Å². The molecule has 0 aliphatic carbocycles. The fourth-order valence-electron chi connectivity index (χ4n) is 4.77. The predicted octanol–water partition coefficient (Wildman–Crippen LogP) is -0.148. The summed E-state index contributed by atoms with van der Waals surface area (Å²) in [5.74, 6) is -4.12. The summed E-state index contributed by atoms with van der Waals surface area (Å²) in [5.41, 5.74) is 18.5. The molecule has 0 aliphatic rings. The second-order valence-corrected chi connectivity index (χ2v) is 12.2. The number of nitrogens with zero attached hydrogens (tertiary/aromatic N) is 1. The monoisotopic (exact) mass is 684 g/mol. The summed E-state index contributed by atoms with van der Waals surface area (Å²) in [6.45, 7) is 3.82. The average molecular weight is 685 g/mol. The minimum Gasteiger partial charge on any atom is -0.480 e. The normalized spacial score (nSPS) is 14.0. The third-order valence-corrected chi connectivity index (χ3v) is 7.63. The molecule has 2 rings (SSSR count).